The van der Waals surface area contributed by atoms with Crippen molar-refractivity contribution in [2.45, 2.75) is 12.3 Å². The highest BCUT2D eigenvalue weighted by Gasteiger charge is 2.41. The van der Waals surface area contributed by atoms with Crippen LogP contribution in [0.25, 0.3) is 87.1 Å². The summed E-state index contributed by atoms with van der Waals surface area (Å²) in [5, 5.41) is 5.18. The summed E-state index contributed by atoms with van der Waals surface area (Å²) in [6.45, 7) is 2.36. The van der Waals surface area contributed by atoms with Gasteiger partial charge in [0.25, 0.3) is 0 Å². The second-order valence-corrected chi connectivity index (χ2v) is 15.8. The normalized spacial score (nSPS) is 14.7. The Balaban J connectivity index is 1.07. The molecule has 10 aromatic rings. The van der Waals surface area contributed by atoms with E-state index in [9.17, 15) is 0 Å². The van der Waals surface area contributed by atoms with Crippen LogP contribution < -0.4 is 0 Å². The number of nitrogens with zero attached hydrogens (tertiary/aromatic N) is 2. The molecule has 0 radical (unpaired) electrons. The molecule has 0 aliphatic heterocycles. The number of hydrogen-bond acceptors (Lipinski definition) is 3. The lowest BCUT2D eigenvalue weighted by Crippen LogP contribution is -2.22. The van der Waals surface area contributed by atoms with E-state index in [0.717, 1.165) is 33.6 Å². The van der Waals surface area contributed by atoms with Crippen molar-refractivity contribution in [2.75, 3.05) is 0 Å². The third-order valence-corrected chi connectivity index (χ3v) is 12.7. The Labute approximate surface area is 324 Å². The fraction of sp³-hybridized carbons (Fsp3) is 0.0385. The maximum absolute atomic E-state index is 5.32. The van der Waals surface area contributed by atoms with Crippen LogP contribution in [-0.2, 0) is 5.41 Å². The third kappa shape index (κ3) is 5.08. The molecule has 258 valence electrons. The van der Waals surface area contributed by atoms with Gasteiger partial charge in [-0.25, -0.2) is 9.97 Å². The van der Waals surface area contributed by atoms with Crippen molar-refractivity contribution in [1.29, 1.82) is 0 Å². The predicted molar refractivity (Wildman–Crippen MR) is 232 cm³/mol. The van der Waals surface area contributed by atoms with Crippen LogP contribution in [0.5, 0.6) is 0 Å². The second-order valence-electron chi connectivity index (χ2n) is 14.7. The number of thiophene rings is 1. The number of hydrogen-bond donors (Lipinski definition) is 0. The topological polar surface area (TPSA) is 25.8 Å². The Bertz CT molecular complexity index is 3110. The van der Waals surface area contributed by atoms with Gasteiger partial charge in [-0.3, -0.25) is 0 Å². The predicted octanol–water partition coefficient (Wildman–Crippen LogP) is 14.0. The molecule has 2 aromatic heterocycles. The van der Waals surface area contributed by atoms with E-state index in [2.05, 4.69) is 189 Å². The highest BCUT2D eigenvalue weighted by Crippen LogP contribution is 2.55. The molecule has 55 heavy (non-hydrogen) atoms. The van der Waals surface area contributed by atoms with Gasteiger partial charge in [-0.15, -0.1) is 11.3 Å². The number of fused-ring (bicyclic) bond motifs is 7. The smallest absolute Gasteiger partial charge is 0.160 e. The zero-order chi connectivity index (χ0) is 36.5. The summed E-state index contributed by atoms with van der Waals surface area (Å²) >= 11 is 1.87. The molecule has 0 fully saturated rings. The summed E-state index contributed by atoms with van der Waals surface area (Å²) in [4.78, 5) is 10.6. The van der Waals surface area contributed by atoms with Gasteiger partial charge >= 0.3 is 0 Å². The first-order chi connectivity index (χ1) is 27.1. The van der Waals surface area contributed by atoms with E-state index < -0.39 is 0 Å². The molecule has 11 rings (SSSR count). The van der Waals surface area contributed by atoms with Crippen molar-refractivity contribution in [1.82, 2.24) is 9.97 Å². The van der Waals surface area contributed by atoms with Crippen LogP contribution in [0.4, 0.5) is 0 Å². The van der Waals surface area contributed by atoms with Crippen molar-refractivity contribution in [3.63, 3.8) is 0 Å². The van der Waals surface area contributed by atoms with Gasteiger partial charge in [-0.1, -0.05) is 158 Å². The van der Waals surface area contributed by atoms with Crippen LogP contribution in [0, 0.1) is 0 Å². The van der Waals surface area contributed by atoms with Gasteiger partial charge in [-0.05, 0) is 87.0 Å². The number of benzene rings is 8. The lowest BCUT2D eigenvalue weighted by molar-refractivity contribution is 0.714. The van der Waals surface area contributed by atoms with Gasteiger partial charge in [0, 0.05) is 42.3 Å². The minimum atomic E-state index is -0.293. The van der Waals surface area contributed by atoms with Crippen LogP contribution >= 0.6 is 11.3 Å². The molecule has 8 aromatic carbocycles. The molecule has 0 N–H and O–H groups in total. The van der Waals surface area contributed by atoms with E-state index in [0.29, 0.717) is 5.82 Å². The van der Waals surface area contributed by atoms with E-state index in [1.54, 1.807) is 0 Å². The number of aromatic nitrogens is 2. The van der Waals surface area contributed by atoms with E-state index in [1.165, 1.54) is 64.3 Å². The van der Waals surface area contributed by atoms with Crippen LogP contribution in [0.15, 0.2) is 188 Å². The van der Waals surface area contributed by atoms with Gasteiger partial charge in [-0.2, -0.15) is 0 Å². The molecule has 1 aliphatic carbocycles. The lowest BCUT2D eigenvalue weighted by Gasteiger charge is -2.28. The fourth-order valence-corrected chi connectivity index (χ4v) is 9.96. The summed E-state index contributed by atoms with van der Waals surface area (Å²) in [6, 6.07) is 68.0. The molecule has 0 saturated heterocycles. The average molecular weight is 719 g/mol. The summed E-state index contributed by atoms with van der Waals surface area (Å²) in [6.07, 6.45) is 0. The summed E-state index contributed by atoms with van der Waals surface area (Å²) in [5.74, 6) is 0.715. The standard InChI is InChI=1S/C52H34N2S/c1-52(39-20-6-3-7-21-39)44-24-11-10-22-41(44)50-42(23-13-25-45(50)52)47-32-46(53-51(54-47)33-14-4-2-5-15-33)38-19-12-18-34(28-38)37-26-27-40-43-29-35-16-8-9-17-36(35)30-49(43)55-48(40)31-37/h2-32H,1H3. The molecular weight excluding hydrogens is 685 g/mol. The minimum Gasteiger partial charge on any atom is -0.228 e. The molecule has 2 heterocycles. The Morgan fingerprint density at radius 1 is 0.418 bits per heavy atom. The maximum atomic E-state index is 5.32. The van der Waals surface area contributed by atoms with Gasteiger partial charge < -0.3 is 0 Å². The van der Waals surface area contributed by atoms with E-state index >= 15 is 0 Å². The van der Waals surface area contributed by atoms with Crippen LogP contribution in [-0.4, -0.2) is 9.97 Å². The second kappa shape index (κ2) is 12.4. The zero-order valence-electron chi connectivity index (χ0n) is 30.2. The van der Waals surface area contributed by atoms with Crippen LogP contribution in [0.3, 0.4) is 0 Å². The highest BCUT2D eigenvalue weighted by atomic mass is 32.1. The monoisotopic (exact) mass is 718 g/mol. The van der Waals surface area contributed by atoms with Crippen molar-refractivity contribution >= 4 is 42.3 Å². The summed E-state index contributed by atoms with van der Waals surface area (Å²) in [5.41, 5.74) is 13.4. The Hall–Kier alpha value is -6.68. The van der Waals surface area contributed by atoms with Crippen molar-refractivity contribution in [3.05, 3.63) is 205 Å². The molecule has 0 spiro atoms. The highest BCUT2D eigenvalue weighted by molar-refractivity contribution is 7.25. The Morgan fingerprint density at radius 2 is 1.04 bits per heavy atom. The van der Waals surface area contributed by atoms with Crippen LogP contribution in [0.1, 0.15) is 23.6 Å². The Morgan fingerprint density at radius 3 is 1.89 bits per heavy atom. The minimum absolute atomic E-state index is 0.293. The first-order valence-electron chi connectivity index (χ1n) is 18.8. The first-order valence-corrected chi connectivity index (χ1v) is 19.6. The third-order valence-electron chi connectivity index (χ3n) is 11.6. The van der Waals surface area contributed by atoms with Gasteiger partial charge in [0.1, 0.15) is 0 Å². The van der Waals surface area contributed by atoms with Gasteiger partial charge in [0.2, 0.25) is 0 Å². The van der Waals surface area contributed by atoms with Crippen molar-refractivity contribution < 1.29 is 0 Å². The zero-order valence-corrected chi connectivity index (χ0v) is 31.0. The van der Waals surface area contributed by atoms with E-state index in [1.807, 2.05) is 17.4 Å². The van der Waals surface area contributed by atoms with E-state index in [-0.39, 0.29) is 5.41 Å². The molecule has 1 aliphatic rings. The maximum Gasteiger partial charge on any atom is 0.160 e. The van der Waals surface area contributed by atoms with E-state index in [4.69, 9.17) is 9.97 Å². The molecule has 0 bridgehead atoms. The summed E-state index contributed by atoms with van der Waals surface area (Å²) in [7, 11) is 0. The molecule has 2 nitrogen and oxygen atoms in total. The molecule has 3 heteroatoms. The fourth-order valence-electron chi connectivity index (χ4n) is 8.79. The molecule has 1 atom stereocenters. The molecule has 1 unspecified atom stereocenters. The van der Waals surface area contributed by atoms with Crippen molar-refractivity contribution in [2.24, 2.45) is 0 Å². The molecule has 0 saturated carbocycles. The lowest BCUT2D eigenvalue weighted by atomic mass is 9.74. The molecular formula is C52H34N2S. The SMILES string of the molecule is CC1(c2ccccc2)c2ccccc2-c2c(-c3cc(-c4cccc(-c5ccc6c(c5)sc5cc7ccccc7cc56)c4)nc(-c4ccccc4)n3)cccc21. The van der Waals surface area contributed by atoms with Crippen molar-refractivity contribution in [3.8, 4) is 56.2 Å². The molecule has 0 amide bonds. The van der Waals surface area contributed by atoms with Crippen LogP contribution in [0.2, 0.25) is 0 Å². The largest absolute Gasteiger partial charge is 0.228 e. The van der Waals surface area contributed by atoms with Gasteiger partial charge in [0.15, 0.2) is 5.82 Å². The van der Waals surface area contributed by atoms with Gasteiger partial charge in [0.05, 0.1) is 11.4 Å². The number of rotatable bonds is 5. The Kier molecular flexibility index (Phi) is 7.20. The quantitative estimate of drug-likeness (QED) is 0.177. The average Bonchev–Trinajstić information content (AvgIpc) is 3.75. The summed E-state index contributed by atoms with van der Waals surface area (Å²) < 4.78 is 2.62. The first kappa shape index (κ1) is 31.8.